The maximum atomic E-state index is 12.9. The number of ether oxygens (including phenoxy) is 1. The number of hydrogen-bond acceptors (Lipinski definition) is 4. The fraction of sp³-hybridized carbons (Fsp3) is 0.600. The Morgan fingerprint density at radius 2 is 2.19 bits per heavy atom. The van der Waals surface area contributed by atoms with Crippen LogP contribution in [0.25, 0.3) is 0 Å². The average molecular weight is 312 g/mol. The van der Waals surface area contributed by atoms with E-state index in [9.17, 15) is 8.42 Å². The SMILES string of the molecule is CCC1COC(C)CN1S(=O)(=O)c1cccc(C(C)N)c1. The van der Waals surface area contributed by atoms with Crippen LogP contribution < -0.4 is 5.73 Å². The lowest BCUT2D eigenvalue weighted by atomic mass is 10.1. The van der Waals surface area contributed by atoms with Crippen LogP contribution in [0.4, 0.5) is 0 Å². The van der Waals surface area contributed by atoms with Gasteiger partial charge < -0.3 is 10.5 Å². The molecule has 1 aliphatic rings. The molecule has 0 amide bonds. The first kappa shape index (κ1) is 16.4. The highest BCUT2D eigenvalue weighted by Gasteiger charge is 2.35. The number of hydrogen-bond donors (Lipinski definition) is 1. The minimum Gasteiger partial charge on any atom is -0.375 e. The zero-order chi connectivity index (χ0) is 15.6. The molecule has 0 aliphatic carbocycles. The Hall–Kier alpha value is -0.950. The minimum absolute atomic E-state index is 0.0841. The zero-order valence-electron chi connectivity index (χ0n) is 12.8. The summed E-state index contributed by atoms with van der Waals surface area (Å²) >= 11 is 0. The molecule has 1 heterocycles. The second kappa shape index (κ2) is 6.44. The molecule has 0 aromatic heterocycles. The molecule has 3 atom stereocenters. The molecule has 1 aromatic carbocycles. The molecule has 118 valence electrons. The fourth-order valence-corrected chi connectivity index (χ4v) is 4.34. The number of benzene rings is 1. The molecule has 1 fully saturated rings. The Morgan fingerprint density at radius 3 is 2.81 bits per heavy atom. The summed E-state index contributed by atoms with van der Waals surface area (Å²) < 4.78 is 33.0. The van der Waals surface area contributed by atoms with E-state index in [1.165, 1.54) is 0 Å². The van der Waals surface area contributed by atoms with Crippen molar-refractivity contribution < 1.29 is 13.2 Å². The zero-order valence-corrected chi connectivity index (χ0v) is 13.6. The third-order valence-corrected chi connectivity index (χ3v) is 5.79. The van der Waals surface area contributed by atoms with Crippen molar-refractivity contribution in [3.05, 3.63) is 29.8 Å². The van der Waals surface area contributed by atoms with Gasteiger partial charge in [-0.05, 0) is 38.0 Å². The molecule has 0 radical (unpaired) electrons. The summed E-state index contributed by atoms with van der Waals surface area (Å²) in [4.78, 5) is 0.310. The van der Waals surface area contributed by atoms with Gasteiger partial charge in [-0.25, -0.2) is 8.42 Å². The minimum atomic E-state index is -3.51. The Bertz CT molecular complexity index is 586. The van der Waals surface area contributed by atoms with Crippen LogP contribution in [0.1, 0.15) is 38.8 Å². The first-order valence-corrected chi connectivity index (χ1v) is 8.79. The summed E-state index contributed by atoms with van der Waals surface area (Å²) in [7, 11) is -3.51. The number of morpholine rings is 1. The molecule has 1 aromatic rings. The van der Waals surface area contributed by atoms with Crippen molar-refractivity contribution in [2.45, 2.75) is 50.3 Å². The normalized spacial score (nSPS) is 25.7. The van der Waals surface area contributed by atoms with E-state index in [0.29, 0.717) is 18.0 Å². The van der Waals surface area contributed by atoms with Gasteiger partial charge in [-0.1, -0.05) is 19.1 Å². The molecule has 0 bridgehead atoms. The summed E-state index contributed by atoms with van der Waals surface area (Å²) in [5, 5.41) is 0. The van der Waals surface area contributed by atoms with Crippen LogP contribution >= 0.6 is 0 Å². The molecule has 5 nitrogen and oxygen atoms in total. The molecular weight excluding hydrogens is 288 g/mol. The Kier molecular flexibility index (Phi) is 5.03. The predicted molar refractivity (Wildman–Crippen MR) is 82.4 cm³/mol. The standard InChI is InChI=1S/C15H24N2O3S/c1-4-14-10-20-11(2)9-17(14)21(18,19)15-7-5-6-13(8-15)12(3)16/h5-8,11-12,14H,4,9-10,16H2,1-3H3. The molecule has 2 rings (SSSR count). The number of sulfonamides is 1. The molecule has 1 saturated heterocycles. The number of rotatable bonds is 4. The van der Waals surface area contributed by atoms with E-state index in [-0.39, 0.29) is 18.2 Å². The topological polar surface area (TPSA) is 72.6 Å². The van der Waals surface area contributed by atoms with Crippen LogP contribution in [-0.2, 0) is 14.8 Å². The van der Waals surface area contributed by atoms with Crippen molar-refractivity contribution in [2.24, 2.45) is 5.73 Å². The van der Waals surface area contributed by atoms with Crippen molar-refractivity contribution >= 4 is 10.0 Å². The van der Waals surface area contributed by atoms with Gasteiger partial charge in [0.1, 0.15) is 0 Å². The van der Waals surface area contributed by atoms with Crippen LogP contribution in [0.3, 0.4) is 0 Å². The lowest BCUT2D eigenvalue weighted by Gasteiger charge is -2.37. The van der Waals surface area contributed by atoms with Gasteiger partial charge in [-0.3, -0.25) is 0 Å². The van der Waals surface area contributed by atoms with Gasteiger partial charge in [0.15, 0.2) is 0 Å². The van der Waals surface area contributed by atoms with Gasteiger partial charge in [0.25, 0.3) is 0 Å². The van der Waals surface area contributed by atoms with Gasteiger partial charge in [0.2, 0.25) is 10.0 Å². The molecule has 21 heavy (non-hydrogen) atoms. The summed E-state index contributed by atoms with van der Waals surface area (Å²) in [5.41, 5.74) is 6.68. The van der Waals surface area contributed by atoms with Crippen LogP contribution in [0.15, 0.2) is 29.2 Å². The molecule has 6 heteroatoms. The monoisotopic (exact) mass is 312 g/mol. The smallest absolute Gasteiger partial charge is 0.243 e. The van der Waals surface area contributed by atoms with E-state index < -0.39 is 10.0 Å². The summed E-state index contributed by atoms with van der Waals surface area (Å²) in [6, 6.07) is 6.61. The summed E-state index contributed by atoms with van der Waals surface area (Å²) in [6.07, 6.45) is 0.651. The predicted octanol–water partition coefficient (Wildman–Crippen LogP) is 1.89. The lowest BCUT2D eigenvalue weighted by molar-refractivity contribution is -0.0230. The van der Waals surface area contributed by atoms with Crippen molar-refractivity contribution in [3.8, 4) is 0 Å². The third-order valence-electron chi connectivity index (χ3n) is 3.88. The van der Waals surface area contributed by atoms with Crippen LogP contribution in [0.2, 0.25) is 0 Å². The second-order valence-corrected chi connectivity index (χ2v) is 7.53. The van der Waals surface area contributed by atoms with Gasteiger partial charge in [-0.2, -0.15) is 4.31 Å². The molecule has 3 unspecified atom stereocenters. The van der Waals surface area contributed by atoms with Gasteiger partial charge >= 0.3 is 0 Å². The second-order valence-electron chi connectivity index (χ2n) is 5.64. The summed E-state index contributed by atoms with van der Waals surface area (Å²) in [6.45, 7) is 6.56. The van der Waals surface area contributed by atoms with E-state index in [1.807, 2.05) is 26.8 Å². The molecule has 2 N–H and O–H groups in total. The van der Waals surface area contributed by atoms with Gasteiger partial charge in [-0.15, -0.1) is 0 Å². The Balaban J connectivity index is 2.38. The average Bonchev–Trinajstić information content (AvgIpc) is 2.47. The van der Waals surface area contributed by atoms with Crippen molar-refractivity contribution in [3.63, 3.8) is 0 Å². The van der Waals surface area contributed by atoms with Crippen LogP contribution in [-0.4, -0.2) is 38.0 Å². The Labute approximate surface area is 127 Å². The summed E-state index contributed by atoms with van der Waals surface area (Å²) in [5.74, 6) is 0. The highest BCUT2D eigenvalue weighted by molar-refractivity contribution is 7.89. The number of nitrogens with zero attached hydrogens (tertiary/aromatic N) is 1. The van der Waals surface area contributed by atoms with E-state index in [2.05, 4.69) is 0 Å². The lowest BCUT2D eigenvalue weighted by Crippen LogP contribution is -2.51. The van der Waals surface area contributed by atoms with E-state index in [1.54, 1.807) is 22.5 Å². The number of nitrogens with two attached hydrogens (primary N) is 1. The van der Waals surface area contributed by atoms with Crippen molar-refractivity contribution in [1.82, 2.24) is 4.31 Å². The van der Waals surface area contributed by atoms with Gasteiger partial charge in [0.05, 0.1) is 17.6 Å². The van der Waals surface area contributed by atoms with Crippen LogP contribution in [0, 0.1) is 0 Å². The molecule has 1 aliphatic heterocycles. The maximum Gasteiger partial charge on any atom is 0.243 e. The first-order chi connectivity index (χ1) is 9.86. The first-order valence-electron chi connectivity index (χ1n) is 7.35. The van der Waals surface area contributed by atoms with E-state index in [0.717, 1.165) is 12.0 Å². The highest BCUT2D eigenvalue weighted by Crippen LogP contribution is 2.25. The van der Waals surface area contributed by atoms with Gasteiger partial charge in [0, 0.05) is 18.6 Å². The van der Waals surface area contributed by atoms with E-state index in [4.69, 9.17) is 10.5 Å². The third kappa shape index (κ3) is 3.45. The molecular formula is C15H24N2O3S. The maximum absolute atomic E-state index is 12.9. The quantitative estimate of drug-likeness (QED) is 0.921. The molecule has 0 spiro atoms. The Morgan fingerprint density at radius 1 is 1.48 bits per heavy atom. The largest absolute Gasteiger partial charge is 0.375 e. The highest BCUT2D eigenvalue weighted by atomic mass is 32.2. The van der Waals surface area contributed by atoms with Crippen molar-refractivity contribution in [2.75, 3.05) is 13.2 Å². The molecule has 0 saturated carbocycles. The van der Waals surface area contributed by atoms with E-state index >= 15 is 0 Å². The van der Waals surface area contributed by atoms with Crippen LogP contribution in [0.5, 0.6) is 0 Å². The van der Waals surface area contributed by atoms with Crippen molar-refractivity contribution in [1.29, 1.82) is 0 Å². The fourth-order valence-electron chi connectivity index (χ4n) is 2.52.